The summed E-state index contributed by atoms with van der Waals surface area (Å²) in [5.74, 6) is 0.524. The molecule has 1 aliphatic rings. The number of hydrogen-bond donors (Lipinski definition) is 2. The van der Waals surface area contributed by atoms with Crippen molar-refractivity contribution in [2.45, 2.75) is 31.7 Å². The fraction of sp³-hybridized carbons (Fsp3) is 0.647. The van der Waals surface area contributed by atoms with Crippen LogP contribution in [0, 0.1) is 0 Å². The van der Waals surface area contributed by atoms with Crippen molar-refractivity contribution in [1.82, 2.24) is 15.6 Å². The molecule has 1 atom stereocenters. The number of alkyl halides is 3. The minimum atomic E-state index is -4.39. The highest BCUT2D eigenvalue weighted by Gasteiger charge is 2.28. The van der Waals surface area contributed by atoms with E-state index in [1.54, 1.807) is 13.1 Å². The molecule has 2 rings (SSSR count). The fourth-order valence-corrected chi connectivity index (χ4v) is 2.37. The number of aliphatic imine (C=N–C) groups is 1. The van der Waals surface area contributed by atoms with E-state index in [2.05, 4.69) is 25.3 Å². The average Bonchev–Trinajstić information content (AvgIpc) is 3.15. The van der Waals surface area contributed by atoms with E-state index in [1.165, 1.54) is 12.3 Å². The lowest BCUT2D eigenvalue weighted by molar-refractivity contribution is -0.154. The van der Waals surface area contributed by atoms with Crippen LogP contribution >= 0.6 is 0 Å². The minimum Gasteiger partial charge on any atom is -0.468 e. The van der Waals surface area contributed by atoms with Crippen molar-refractivity contribution in [2.24, 2.45) is 4.99 Å². The Balaban J connectivity index is 1.65. The Bertz CT molecular complexity index is 593. The summed E-state index contributed by atoms with van der Waals surface area (Å²) in [7, 11) is 1.64. The van der Waals surface area contributed by atoms with Gasteiger partial charge in [0.25, 0.3) is 0 Å². The molecule has 0 radical (unpaired) electrons. The van der Waals surface area contributed by atoms with Crippen LogP contribution in [-0.2, 0) is 16.0 Å². The van der Waals surface area contributed by atoms with Gasteiger partial charge in [0.05, 0.1) is 12.7 Å². The Labute approximate surface area is 156 Å². The van der Waals surface area contributed by atoms with Crippen molar-refractivity contribution in [2.75, 3.05) is 40.0 Å². The van der Waals surface area contributed by atoms with Gasteiger partial charge in [-0.15, -0.1) is 0 Å². The minimum absolute atomic E-state index is 0.0670. The maximum absolute atomic E-state index is 12.2. The zero-order valence-electron chi connectivity index (χ0n) is 15.2. The van der Waals surface area contributed by atoms with Crippen LogP contribution in [0.3, 0.4) is 0 Å². The van der Waals surface area contributed by atoms with Crippen LogP contribution in [0.15, 0.2) is 23.3 Å². The normalized spacial score (nSPS) is 17.8. The number of nitrogens with one attached hydrogen (secondary N) is 2. The molecule has 10 heteroatoms. The van der Waals surface area contributed by atoms with Crippen molar-refractivity contribution >= 4 is 5.96 Å². The maximum Gasteiger partial charge on any atom is 0.422 e. The lowest BCUT2D eigenvalue weighted by Gasteiger charge is -2.14. The Morgan fingerprint density at radius 2 is 2.26 bits per heavy atom. The smallest absolute Gasteiger partial charge is 0.422 e. The summed E-state index contributed by atoms with van der Waals surface area (Å²) >= 11 is 0. The Morgan fingerprint density at radius 3 is 2.96 bits per heavy atom. The van der Waals surface area contributed by atoms with Crippen molar-refractivity contribution in [3.63, 3.8) is 0 Å². The van der Waals surface area contributed by atoms with Gasteiger partial charge in [0.15, 0.2) is 12.6 Å². The van der Waals surface area contributed by atoms with E-state index in [0.29, 0.717) is 32.3 Å². The molecule has 1 unspecified atom stereocenters. The van der Waals surface area contributed by atoms with Gasteiger partial charge in [0, 0.05) is 45.6 Å². The van der Waals surface area contributed by atoms with Gasteiger partial charge in [-0.25, -0.2) is 4.98 Å². The summed E-state index contributed by atoms with van der Waals surface area (Å²) in [5, 5.41) is 6.25. The zero-order chi connectivity index (χ0) is 19.5. The highest BCUT2D eigenvalue weighted by molar-refractivity contribution is 5.79. The maximum atomic E-state index is 12.2. The number of rotatable bonds is 9. The highest BCUT2D eigenvalue weighted by Crippen LogP contribution is 2.17. The quantitative estimate of drug-likeness (QED) is 0.381. The van der Waals surface area contributed by atoms with E-state index in [0.717, 1.165) is 25.0 Å². The lowest BCUT2D eigenvalue weighted by atomic mass is 10.2. The van der Waals surface area contributed by atoms with Gasteiger partial charge in [-0.1, -0.05) is 0 Å². The molecule has 0 bridgehead atoms. The van der Waals surface area contributed by atoms with E-state index >= 15 is 0 Å². The summed E-state index contributed by atoms with van der Waals surface area (Å²) in [4.78, 5) is 7.88. The van der Waals surface area contributed by atoms with Gasteiger partial charge in [-0.05, 0) is 24.5 Å². The molecule has 0 aliphatic carbocycles. The molecule has 152 valence electrons. The van der Waals surface area contributed by atoms with E-state index in [1.807, 2.05) is 0 Å². The monoisotopic (exact) mass is 390 g/mol. The van der Waals surface area contributed by atoms with Crippen LogP contribution in [0.2, 0.25) is 0 Å². The predicted octanol–water partition coefficient (Wildman–Crippen LogP) is 1.88. The first-order valence-electron chi connectivity index (χ1n) is 8.74. The molecule has 0 saturated carbocycles. The van der Waals surface area contributed by atoms with Crippen LogP contribution in [0.4, 0.5) is 13.2 Å². The standard InChI is InChI=1S/C17H25F3N4O3/c1-21-16(23-5-2-7-26-14-4-8-25-11-14)24-10-13-3-6-22-15(9-13)27-12-17(18,19)20/h3,6,9,14H,2,4-5,7-8,10-12H2,1H3,(H2,21,23,24). The summed E-state index contributed by atoms with van der Waals surface area (Å²) in [6, 6.07) is 3.15. The second kappa shape index (κ2) is 10.9. The Kier molecular flexibility index (Phi) is 8.59. The Hall–Kier alpha value is -2.07. The molecule has 0 aromatic carbocycles. The number of guanidine groups is 1. The molecule has 1 aliphatic heterocycles. The molecule has 0 amide bonds. The van der Waals surface area contributed by atoms with Gasteiger partial charge in [-0.2, -0.15) is 13.2 Å². The summed E-state index contributed by atoms with van der Waals surface area (Å²) in [6.45, 7) is 1.76. The number of hydrogen-bond acceptors (Lipinski definition) is 5. The third-order valence-electron chi connectivity index (χ3n) is 3.72. The Morgan fingerprint density at radius 1 is 1.41 bits per heavy atom. The first-order valence-corrected chi connectivity index (χ1v) is 8.74. The topological polar surface area (TPSA) is 77.0 Å². The molecule has 1 fully saturated rings. The molecule has 1 aromatic heterocycles. The van der Waals surface area contributed by atoms with E-state index in [9.17, 15) is 13.2 Å². The second-order valence-corrected chi connectivity index (χ2v) is 5.97. The summed E-state index contributed by atoms with van der Waals surface area (Å²) < 4.78 is 52.2. The predicted molar refractivity (Wildman–Crippen MR) is 93.8 cm³/mol. The molecule has 7 nitrogen and oxygen atoms in total. The van der Waals surface area contributed by atoms with Gasteiger partial charge in [-0.3, -0.25) is 4.99 Å². The van der Waals surface area contributed by atoms with Crippen molar-refractivity contribution in [3.8, 4) is 5.88 Å². The molecular weight excluding hydrogens is 365 g/mol. The van der Waals surface area contributed by atoms with Crippen molar-refractivity contribution in [3.05, 3.63) is 23.9 Å². The molecule has 1 saturated heterocycles. The van der Waals surface area contributed by atoms with Gasteiger partial charge in [0.1, 0.15) is 0 Å². The fourth-order valence-electron chi connectivity index (χ4n) is 2.37. The van der Waals surface area contributed by atoms with Crippen LogP contribution in [0.5, 0.6) is 5.88 Å². The molecule has 2 heterocycles. The van der Waals surface area contributed by atoms with Crippen LogP contribution in [0.1, 0.15) is 18.4 Å². The van der Waals surface area contributed by atoms with E-state index < -0.39 is 12.8 Å². The third kappa shape index (κ3) is 8.91. The van der Waals surface area contributed by atoms with Crippen LogP contribution in [-0.4, -0.2) is 63.2 Å². The third-order valence-corrected chi connectivity index (χ3v) is 3.72. The van der Waals surface area contributed by atoms with Gasteiger partial charge < -0.3 is 24.8 Å². The largest absolute Gasteiger partial charge is 0.468 e. The highest BCUT2D eigenvalue weighted by atomic mass is 19.4. The van der Waals surface area contributed by atoms with Crippen LogP contribution in [0.25, 0.3) is 0 Å². The average molecular weight is 390 g/mol. The molecular formula is C17H25F3N4O3. The summed E-state index contributed by atoms with van der Waals surface area (Å²) in [6.07, 6.45) is -1.03. The molecule has 0 spiro atoms. The SMILES string of the molecule is CN=C(NCCCOC1CCOC1)NCc1ccnc(OCC(F)(F)F)c1. The van der Waals surface area contributed by atoms with E-state index in [4.69, 9.17) is 9.47 Å². The number of pyridine rings is 1. The number of aromatic nitrogens is 1. The number of ether oxygens (including phenoxy) is 3. The first-order chi connectivity index (χ1) is 13.0. The molecule has 27 heavy (non-hydrogen) atoms. The first kappa shape index (κ1) is 21.2. The lowest BCUT2D eigenvalue weighted by Crippen LogP contribution is -2.37. The van der Waals surface area contributed by atoms with Crippen LogP contribution < -0.4 is 15.4 Å². The molecule has 1 aromatic rings. The second-order valence-electron chi connectivity index (χ2n) is 5.97. The van der Waals surface area contributed by atoms with Crippen molar-refractivity contribution < 1.29 is 27.4 Å². The summed E-state index contributed by atoms with van der Waals surface area (Å²) in [5.41, 5.74) is 0.731. The van der Waals surface area contributed by atoms with Crippen molar-refractivity contribution in [1.29, 1.82) is 0 Å². The van der Waals surface area contributed by atoms with Gasteiger partial charge in [0.2, 0.25) is 5.88 Å². The number of halogens is 3. The van der Waals surface area contributed by atoms with E-state index in [-0.39, 0.29) is 12.0 Å². The zero-order valence-corrected chi connectivity index (χ0v) is 15.2. The molecule has 2 N–H and O–H groups in total. The van der Waals surface area contributed by atoms with Gasteiger partial charge >= 0.3 is 6.18 Å². The number of nitrogens with zero attached hydrogens (tertiary/aromatic N) is 2.